The monoisotopic (exact) mass is 223 g/mol. The van der Waals surface area contributed by atoms with Gasteiger partial charge in [0.05, 0.1) is 12.8 Å². The molecule has 0 saturated carbocycles. The molecule has 0 bridgehead atoms. The van der Waals surface area contributed by atoms with Gasteiger partial charge in [0.1, 0.15) is 0 Å². The van der Waals surface area contributed by atoms with Crippen molar-refractivity contribution >= 4 is 11.9 Å². The van der Waals surface area contributed by atoms with Crippen LogP contribution in [-0.2, 0) is 0 Å². The van der Waals surface area contributed by atoms with Gasteiger partial charge in [-0.15, -0.1) is 5.10 Å². The van der Waals surface area contributed by atoms with Crippen LogP contribution in [0.4, 0.5) is 5.95 Å². The van der Waals surface area contributed by atoms with Crippen molar-refractivity contribution in [2.75, 3.05) is 12.4 Å². The molecule has 2 N–H and O–H groups in total. The molecular formula is C8H9N5O3. The number of oxazole rings is 1. The molecule has 2 aromatic rings. The quantitative estimate of drug-likeness (QED) is 0.778. The van der Waals surface area contributed by atoms with Crippen LogP contribution >= 0.6 is 0 Å². The van der Waals surface area contributed by atoms with E-state index in [1.165, 1.54) is 13.5 Å². The Kier molecular flexibility index (Phi) is 2.54. The largest absolute Gasteiger partial charge is 0.466 e. The summed E-state index contributed by atoms with van der Waals surface area (Å²) in [6.07, 6.45) is 1.20. The zero-order valence-electron chi connectivity index (χ0n) is 8.64. The van der Waals surface area contributed by atoms with Gasteiger partial charge < -0.3 is 9.15 Å². The number of amides is 1. The standard InChI is InChI=1S/C8H9N5O3/c1-4-5(16-3-9-4)6(14)10-7-11-8(15-2)13-12-7/h3H,1-2H3,(H2,10,11,12,13,14). The number of aryl methyl sites for hydroxylation is 1. The highest BCUT2D eigenvalue weighted by molar-refractivity contribution is 6.01. The number of nitrogens with zero attached hydrogens (tertiary/aromatic N) is 3. The number of aromatic nitrogens is 4. The number of ether oxygens (including phenoxy) is 1. The molecule has 0 atom stereocenters. The molecule has 0 saturated heterocycles. The first-order chi connectivity index (χ1) is 7.70. The lowest BCUT2D eigenvalue weighted by Crippen LogP contribution is -2.13. The van der Waals surface area contributed by atoms with Crippen molar-refractivity contribution in [1.82, 2.24) is 20.2 Å². The third-order valence-electron chi connectivity index (χ3n) is 1.83. The highest BCUT2D eigenvalue weighted by Crippen LogP contribution is 2.09. The maximum absolute atomic E-state index is 11.6. The van der Waals surface area contributed by atoms with E-state index in [1.807, 2.05) is 0 Å². The first-order valence-electron chi connectivity index (χ1n) is 4.38. The lowest BCUT2D eigenvalue weighted by Gasteiger charge is -1.97. The summed E-state index contributed by atoms with van der Waals surface area (Å²) in [5.74, 6) is -0.137. The van der Waals surface area contributed by atoms with Gasteiger partial charge >= 0.3 is 6.01 Å². The Labute approximate surface area is 90.0 Å². The Balaban J connectivity index is 2.11. The molecule has 16 heavy (non-hydrogen) atoms. The smallest absolute Gasteiger partial charge is 0.336 e. The zero-order chi connectivity index (χ0) is 11.5. The molecule has 0 aromatic carbocycles. The van der Waals surface area contributed by atoms with Crippen LogP contribution < -0.4 is 10.1 Å². The van der Waals surface area contributed by atoms with Gasteiger partial charge in [-0.1, -0.05) is 0 Å². The predicted molar refractivity (Wildman–Crippen MR) is 52.1 cm³/mol. The second kappa shape index (κ2) is 4.01. The van der Waals surface area contributed by atoms with E-state index in [9.17, 15) is 4.79 Å². The van der Waals surface area contributed by atoms with Gasteiger partial charge in [0.25, 0.3) is 5.91 Å². The van der Waals surface area contributed by atoms with Crippen molar-refractivity contribution in [3.8, 4) is 6.01 Å². The lowest BCUT2D eigenvalue weighted by atomic mass is 10.3. The molecule has 0 fully saturated rings. The van der Waals surface area contributed by atoms with E-state index >= 15 is 0 Å². The van der Waals surface area contributed by atoms with Crippen LogP contribution in [-0.4, -0.2) is 33.2 Å². The Morgan fingerprint density at radius 3 is 3.00 bits per heavy atom. The molecule has 0 radical (unpaired) electrons. The third kappa shape index (κ3) is 1.85. The van der Waals surface area contributed by atoms with Crippen LogP contribution in [0.5, 0.6) is 6.01 Å². The Morgan fingerprint density at radius 2 is 2.44 bits per heavy atom. The summed E-state index contributed by atoms with van der Waals surface area (Å²) < 4.78 is 9.67. The van der Waals surface area contributed by atoms with Gasteiger partial charge in [-0.3, -0.25) is 10.1 Å². The lowest BCUT2D eigenvalue weighted by molar-refractivity contribution is 0.0995. The zero-order valence-corrected chi connectivity index (χ0v) is 8.64. The molecule has 0 aliphatic carbocycles. The van der Waals surface area contributed by atoms with E-state index in [0.29, 0.717) is 5.69 Å². The van der Waals surface area contributed by atoms with Crippen molar-refractivity contribution in [2.45, 2.75) is 6.92 Å². The molecular weight excluding hydrogens is 214 g/mol. The van der Waals surface area contributed by atoms with Crippen LogP contribution in [0.15, 0.2) is 10.8 Å². The van der Waals surface area contributed by atoms with Crippen LogP contribution in [0.2, 0.25) is 0 Å². The van der Waals surface area contributed by atoms with Crippen LogP contribution in [0.25, 0.3) is 0 Å². The fourth-order valence-corrected chi connectivity index (χ4v) is 1.08. The molecule has 8 heteroatoms. The molecule has 1 amide bonds. The average Bonchev–Trinajstić information content (AvgIpc) is 2.86. The number of nitrogens with one attached hydrogen (secondary N) is 2. The van der Waals surface area contributed by atoms with Gasteiger partial charge in [0.15, 0.2) is 6.39 Å². The van der Waals surface area contributed by atoms with E-state index in [0.717, 1.165) is 0 Å². The van der Waals surface area contributed by atoms with E-state index in [4.69, 9.17) is 9.15 Å². The minimum Gasteiger partial charge on any atom is -0.466 e. The number of hydrogen-bond donors (Lipinski definition) is 2. The number of aromatic amines is 1. The molecule has 84 valence electrons. The predicted octanol–water partition coefficient (Wildman–Crippen LogP) is 0.362. The van der Waals surface area contributed by atoms with E-state index < -0.39 is 5.91 Å². The molecule has 0 unspecified atom stereocenters. The Hall–Kier alpha value is -2.38. The van der Waals surface area contributed by atoms with Gasteiger partial charge in [-0.05, 0) is 6.92 Å². The van der Waals surface area contributed by atoms with E-state index in [-0.39, 0.29) is 17.7 Å². The number of rotatable bonds is 3. The fourth-order valence-electron chi connectivity index (χ4n) is 1.08. The minimum absolute atomic E-state index is 0.135. The van der Waals surface area contributed by atoms with Crippen molar-refractivity contribution in [3.63, 3.8) is 0 Å². The first kappa shape index (κ1) is 10.1. The summed E-state index contributed by atoms with van der Waals surface area (Å²) in [7, 11) is 1.43. The second-order valence-corrected chi connectivity index (χ2v) is 2.89. The molecule has 0 aliphatic rings. The molecule has 2 aromatic heterocycles. The van der Waals surface area contributed by atoms with Crippen LogP contribution in [0, 0.1) is 6.92 Å². The molecule has 2 rings (SSSR count). The van der Waals surface area contributed by atoms with Gasteiger partial charge in [0, 0.05) is 0 Å². The van der Waals surface area contributed by atoms with Crippen molar-refractivity contribution < 1.29 is 13.9 Å². The van der Waals surface area contributed by atoms with Crippen molar-refractivity contribution in [3.05, 3.63) is 17.8 Å². The minimum atomic E-state index is -0.450. The Morgan fingerprint density at radius 1 is 1.62 bits per heavy atom. The number of methoxy groups -OCH3 is 1. The number of carbonyl (C=O) groups is 1. The normalized spacial score (nSPS) is 10.1. The topological polar surface area (TPSA) is 106 Å². The van der Waals surface area contributed by atoms with Crippen LogP contribution in [0.1, 0.15) is 16.2 Å². The van der Waals surface area contributed by atoms with E-state index in [2.05, 4.69) is 25.5 Å². The van der Waals surface area contributed by atoms with Gasteiger partial charge in [0.2, 0.25) is 11.7 Å². The highest BCUT2D eigenvalue weighted by Gasteiger charge is 2.15. The summed E-state index contributed by atoms with van der Waals surface area (Å²) in [5, 5.41) is 8.62. The molecule has 2 heterocycles. The molecule has 8 nitrogen and oxygen atoms in total. The van der Waals surface area contributed by atoms with Gasteiger partial charge in [-0.25, -0.2) is 10.1 Å². The second-order valence-electron chi connectivity index (χ2n) is 2.89. The summed E-state index contributed by atoms with van der Waals surface area (Å²) >= 11 is 0. The van der Waals surface area contributed by atoms with Crippen molar-refractivity contribution in [2.24, 2.45) is 0 Å². The maximum Gasteiger partial charge on any atom is 0.336 e. The highest BCUT2D eigenvalue weighted by atomic mass is 16.5. The van der Waals surface area contributed by atoms with Gasteiger partial charge in [-0.2, -0.15) is 4.98 Å². The number of hydrogen-bond acceptors (Lipinski definition) is 6. The molecule has 0 aliphatic heterocycles. The number of carbonyl (C=O) groups excluding carboxylic acids is 1. The Bertz CT molecular complexity index is 503. The van der Waals surface area contributed by atoms with Crippen molar-refractivity contribution in [1.29, 1.82) is 0 Å². The number of H-pyrrole nitrogens is 1. The summed E-state index contributed by atoms with van der Waals surface area (Å²) in [6, 6.07) is 0.143. The maximum atomic E-state index is 11.6. The average molecular weight is 223 g/mol. The summed E-state index contributed by atoms with van der Waals surface area (Å²) in [5.41, 5.74) is 0.504. The SMILES string of the molecule is COc1n[nH]c(NC(=O)c2ocnc2C)n1. The summed E-state index contributed by atoms with van der Waals surface area (Å²) in [4.78, 5) is 19.2. The van der Waals surface area contributed by atoms with E-state index in [1.54, 1.807) is 6.92 Å². The third-order valence-corrected chi connectivity index (χ3v) is 1.83. The first-order valence-corrected chi connectivity index (χ1v) is 4.38. The summed E-state index contributed by atoms with van der Waals surface area (Å²) in [6.45, 7) is 1.67. The molecule has 0 spiro atoms. The fraction of sp³-hybridized carbons (Fsp3) is 0.250. The van der Waals surface area contributed by atoms with Crippen LogP contribution in [0.3, 0.4) is 0 Å². The number of anilines is 1.